The number of unbranched alkanes of at least 4 members (excludes halogenated alkanes) is 10. The fourth-order valence-electron chi connectivity index (χ4n) is 3.17. The molecule has 0 aliphatic heterocycles. The van der Waals surface area contributed by atoms with Gasteiger partial charge in [-0.1, -0.05) is 78.1 Å². The van der Waals surface area contributed by atoms with Gasteiger partial charge in [0.2, 0.25) is 0 Å². The van der Waals surface area contributed by atoms with Gasteiger partial charge in [-0.05, 0) is 12.8 Å². The highest BCUT2D eigenvalue weighted by Crippen LogP contribution is 2.43. The molecular weight excluding hydrogens is 479 g/mol. The molecule has 0 aromatic rings. The average molecular weight is 527 g/mol. The van der Waals surface area contributed by atoms with Gasteiger partial charge < -0.3 is 24.6 Å². The summed E-state index contributed by atoms with van der Waals surface area (Å²) < 4.78 is 32.0. The van der Waals surface area contributed by atoms with E-state index in [1.165, 1.54) is 6.42 Å². The van der Waals surface area contributed by atoms with Crippen molar-refractivity contribution >= 4 is 19.8 Å². The summed E-state index contributed by atoms with van der Waals surface area (Å²) in [5.74, 6) is -0.947. The maximum absolute atomic E-state index is 12.2. The summed E-state index contributed by atoms with van der Waals surface area (Å²) in [6.07, 6.45) is 10.2. The lowest BCUT2D eigenvalue weighted by Gasteiger charge is -2.20. The SMILES string of the molecule is CCCCCCCCC(=O)OCC(COP(=O)(O)OCC(O)CO)OC(=O)CCCCCCCC. The second-order valence-electron chi connectivity index (χ2n) is 8.73. The maximum Gasteiger partial charge on any atom is 0.472 e. The number of ether oxygens (including phenoxy) is 2. The van der Waals surface area contributed by atoms with Gasteiger partial charge in [-0.25, -0.2) is 4.57 Å². The molecule has 0 heterocycles. The third kappa shape index (κ3) is 21.9. The smallest absolute Gasteiger partial charge is 0.462 e. The van der Waals surface area contributed by atoms with Gasteiger partial charge in [0.05, 0.1) is 19.8 Å². The fourth-order valence-corrected chi connectivity index (χ4v) is 3.96. The van der Waals surface area contributed by atoms with Crippen LogP contribution in [0.2, 0.25) is 0 Å². The zero-order valence-corrected chi connectivity index (χ0v) is 22.4. The number of esters is 2. The molecule has 0 aliphatic rings. The summed E-state index contributed by atoms with van der Waals surface area (Å²) in [6, 6.07) is 0. The predicted octanol–water partition coefficient (Wildman–Crippen LogP) is 4.43. The number of aliphatic hydroxyl groups is 2. The molecule has 0 fully saturated rings. The molecule has 0 saturated carbocycles. The van der Waals surface area contributed by atoms with Crippen molar-refractivity contribution in [2.45, 2.75) is 116 Å². The van der Waals surface area contributed by atoms with Crippen LogP contribution in [0, 0.1) is 0 Å². The van der Waals surface area contributed by atoms with Crippen molar-refractivity contribution in [1.82, 2.24) is 0 Å². The third-order valence-electron chi connectivity index (χ3n) is 5.26. The summed E-state index contributed by atoms with van der Waals surface area (Å²) in [5.41, 5.74) is 0. The minimum absolute atomic E-state index is 0.185. The lowest BCUT2D eigenvalue weighted by atomic mass is 10.1. The third-order valence-corrected chi connectivity index (χ3v) is 6.21. The van der Waals surface area contributed by atoms with E-state index < -0.39 is 51.8 Å². The first-order chi connectivity index (χ1) is 16.7. The van der Waals surface area contributed by atoms with Crippen LogP contribution < -0.4 is 0 Å². The summed E-state index contributed by atoms with van der Waals surface area (Å²) >= 11 is 0. The van der Waals surface area contributed by atoms with E-state index >= 15 is 0 Å². The zero-order valence-electron chi connectivity index (χ0n) is 21.5. The Balaban J connectivity index is 4.57. The highest BCUT2D eigenvalue weighted by Gasteiger charge is 2.27. The van der Waals surface area contributed by atoms with E-state index in [0.717, 1.165) is 57.8 Å². The molecule has 0 amide bonds. The number of carbonyl (C=O) groups excluding carboxylic acids is 2. The summed E-state index contributed by atoms with van der Waals surface area (Å²) in [7, 11) is -4.58. The van der Waals surface area contributed by atoms with Gasteiger partial charge in [-0.15, -0.1) is 0 Å². The summed E-state index contributed by atoms with van der Waals surface area (Å²) in [6.45, 7) is 2.17. The molecule has 3 unspecified atom stereocenters. The highest BCUT2D eigenvalue weighted by atomic mass is 31.2. The van der Waals surface area contributed by atoms with Crippen molar-refractivity contribution in [3.8, 4) is 0 Å². The molecule has 0 aromatic heterocycles. The second kappa shape index (κ2) is 22.2. The Kier molecular flexibility index (Phi) is 21.5. The van der Waals surface area contributed by atoms with E-state index in [2.05, 4.69) is 18.4 Å². The first-order valence-corrected chi connectivity index (χ1v) is 14.5. The average Bonchev–Trinajstić information content (AvgIpc) is 2.83. The maximum atomic E-state index is 12.2. The van der Waals surface area contributed by atoms with Crippen molar-refractivity contribution in [2.75, 3.05) is 26.4 Å². The lowest BCUT2D eigenvalue weighted by molar-refractivity contribution is -0.161. The normalized spacial score (nSPS) is 14.8. The van der Waals surface area contributed by atoms with Crippen molar-refractivity contribution in [1.29, 1.82) is 0 Å². The van der Waals surface area contributed by atoms with E-state index in [1.54, 1.807) is 0 Å². The van der Waals surface area contributed by atoms with Crippen molar-refractivity contribution < 1.29 is 47.8 Å². The quantitative estimate of drug-likeness (QED) is 0.0936. The molecule has 208 valence electrons. The molecular formula is C24H47O10P. The van der Waals surface area contributed by atoms with Crippen molar-refractivity contribution in [3.63, 3.8) is 0 Å². The number of hydrogen-bond donors (Lipinski definition) is 3. The number of carbonyl (C=O) groups is 2. The van der Waals surface area contributed by atoms with Gasteiger partial charge in [0, 0.05) is 12.8 Å². The first-order valence-electron chi connectivity index (χ1n) is 13.0. The molecule has 0 aliphatic carbocycles. The van der Waals surface area contributed by atoms with Gasteiger partial charge in [0.25, 0.3) is 0 Å². The van der Waals surface area contributed by atoms with Crippen LogP contribution in [0.15, 0.2) is 0 Å². The van der Waals surface area contributed by atoms with Crippen LogP contribution in [0.1, 0.15) is 104 Å². The molecule has 0 saturated heterocycles. The van der Waals surface area contributed by atoms with E-state index in [1.807, 2.05) is 0 Å². The molecule has 0 rings (SSSR count). The van der Waals surface area contributed by atoms with Crippen molar-refractivity contribution in [2.24, 2.45) is 0 Å². The zero-order chi connectivity index (χ0) is 26.4. The molecule has 3 atom stereocenters. The topological polar surface area (TPSA) is 149 Å². The minimum atomic E-state index is -4.58. The number of phosphoric ester groups is 1. The van der Waals surface area contributed by atoms with Crippen LogP contribution in [-0.2, 0) is 32.7 Å². The molecule has 0 radical (unpaired) electrons. The van der Waals surface area contributed by atoms with Crippen LogP contribution in [0.25, 0.3) is 0 Å². The second-order valence-corrected chi connectivity index (χ2v) is 10.2. The summed E-state index contributed by atoms with van der Waals surface area (Å²) in [4.78, 5) is 34.0. The molecule has 35 heavy (non-hydrogen) atoms. The molecule has 0 spiro atoms. The molecule has 0 aromatic carbocycles. The molecule has 0 bridgehead atoms. The number of phosphoric acid groups is 1. The lowest BCUT2D eigenvalue weighted by Crippen LogP contribution is -2.29. The standard InChI is InChI=1S/C24H47O10P/c1-3-5-7-9-11-13-15-23(27)31-19-22(20-33-35(29,30)32-18-21(26)17-25)34-24(28)16-14-12-10-8-6-4-2/h21-22,25-26H,3-20H2,1-2H3,(H,29,30). The number of aliphatic hydroxyl groups excluding tert-OH is 2. The van der Waals surface area contributed by atoms with E-state index in [0.29, 0.717) is 12.8 Å². The fraction of sp³-hybridized carbons (Fsp3) is 0.917. The van der Waals surface area contributed by atoms with E-state index in [4.69, 9.17) is 19.1 Å². The molecule has 3 N–H and O–H groups in total. The Morgan fingerprint density at radius 3 is 1.77 bits per heavy atom. The van der Waals surface area contributed by atoms with Gasteiger partial charge in [0.15, 0.2) is 6.10 Å². The number of rotatable bonds is 24. The summed E-state index contributed by atoms with van der Waals surface area (Å²) in [5, 5.41) is 18.0. The van der Waals surface area contributed by atoms with Crippen LogP contribution in [0.3, 0.4) is 0 Å². The first kappa shape index (κ1) is 34.0. The largest absolute Gasteiger partial charge is 0.472 e. The van der Waals surface area contributed by atoms with Crippen LogP contribution in [-0.4, -0.2) is 65.7 Å². The van der Waals surface area contributed by atoms with Gasteiger partial charge in [-0.2, -0.15) is 0 Å². The van der Waals surface area contributed by atoms with E-state index in [9.17, 15) is 24.2 Å². The van der Waals surface area contributed by atoms with Crippen LogP contribution in [0.5, 0.6) is 0 Å². The van der Waals surface area contributed by atoms with Gasteiger partial charge in [-0.3, -0.25) is 18.6 Å². The van der Waals surface area contributed by atoms with E-state index in [-0.39, 0.29) is 19.4 Å². The molecule has 10 nitrogen and oxygen atoms in total. The molecule has 11 heteroatoms. The van der Waals surface area contributed by atoms with Crippen LogP contribution >= 0.6 is 7.82 Å². The Hall–Kier alpha value is -1.03. The van der Waals surface area contributed by atoms with Crippen molar-refractivity contribution in [3.05, 3.63) is 0 Å². The highest BCUT2D eigenvalue weighted by molar-refractivity contribution is 7.47. The minimum Gasteiger partial charge on any atom is -0.462 e. The number of hydrogen-bond acceptors (Lipinski definition) is 9. The van der Waals surface area contributed by atoms with Crippen LogP contribution in [0.4, 0.5) is 0 Å². The van der Waals surface area contributed by atoms with Gasteiger partial charge in [0.1, 0.15) is 12.7 Å². The monoisotopic (exact) mass is 526 g/mol. The Morgan fingerprint density at radius 2 is 1.23 bits per heavy atom. The van der Waals surface area contributed by atoms with Gasteiger partial charge >= 0.3 is 19.8 Å². The Bertz CT molecular complexity index is 587. The Labute approximate surface area is 210 Å². The predicted molar refractivity (Wildman–Crippen MR) is 132 cm³/mol. The Morgan fingerprint density at radius 1 is 0.743 bits per heavy atom.